The Morgan fingerprint density at radius 1 is 1.00 bits per heavy atom. The van der Waals surface area contributed by atoms with Crippen LogP contribution in [0.25, 0.3) is 6.08 Å². The van der Waals surface area contributed by atoms with Gasteiger partial charge in [0.2, 0.25) is 0 Å². The van der Waals surface area contributed by atoms with Crippen molar-refractivity contribution in [2.24, 2.45) is 0 Å². The summed E-state index contributed by atoms with van der Waals surface area (Å²) in [5.41, 5.74) is 3.06. The molecule has 4 nitrogen and oxygen atoms in total. The Morgan fingerprint density at radius 2 is 1.69 bits per heavy atom. The zero-order valence-electron chi connectivity index (χ0n) is 16.0. The fraction of sp³-hybridized carbons (Fsp3) is 0.318. The third kappa shape index (κ3) is 5.12. The normalized spacial score (nSPS) is 11.4. The SMILES string of the molecule is COc1cccc(/C=C/C(=O)OCc2ccc(C(C)(C)C)cc2)c1OC. The van der Waals surface area contributed by atoms with Gasteiger partial charge in [-0.25, -0.2) is 4.79 Å². The summed E-state index contributed by atoms with van der Waals surface area (Å²) >= 11 is 0. The molecule has 0 fully saturated rings. The Kier molecular flexibility index (Phi) is 6.45. The zero-order valence-corrected chi connectivity index (χ0v) is 16.0. The van der Waals surface area contributed by atoms with Gasteiger partial charge < -0.3 is 14.2 Å². The Labute approximate surface area is 155 Å². The van der Waals surface area contributed by atoms with E-state index in [0.29, 0.717) is 11.5 Å². The monoisotopic (exact) mass is 354 g/mol. The van der Waals surface area contributed by atoms with Gasteiger partial charge in [-0.05, 0) is 28.7 Å². The van der Waals surface area contributed by atoms with E-state index in [1.54, 1.807) is 26.4 Å². The van der Waals surface area contributed by atoms with Gasteiger partial charge in [-0.15, -0.1) is 0 Å². The maximum atomic E-state index is 12.0. The van der Waals surface area contributed by atoms with E-state index in [1.807, 2.05) is 24.3 Å². The quantitative estimate of drug-likeness (QED) is 0.554. The third-order valence-corrected chi connectivity index (χ3v) is 4.03. The maximum Gasteiger partial charge on any atom is 0.331 e. The molecule has 0 aliphatic heterocycles. The second kappa shape index (κ2) is 8.56. The van der Waals surface area contributed by atoms with E-state index in [9.17, 15) is 4.79 Å². The summed E-state index contributed by atoms with van der Waals surface area (Å²) in [7, 11) is 3.14. The molecule has 0 radical (unpaired) electrons. The lowest BCUT2D eigenvalue weighted by Crippen LogP contribution is -2.10. The number of methoxy groups -OCH3 is 2. The Hall–Kier alpha value is -2.75. The fourth-order valence-electron chi connectivity index (χ4n) is 2.50. The van der Waals surface area contributed by atoms with Crippen LogP contribution < -0.4 is 9.47 Å². The first-order valence-corrected chi connectivity index (χ1v) is 8.50. The first-order valence-electron chi connectivity index (χ1n) is 8.50. The van der Waals surface area contributed by atoms with E-state index in [0.717, 1.165) is 11.1 Å². The van der Waals surface area contributed by atoms with Crippen molar-refractivity contribution in [3.8, 4) is 11.5 Å². The average molecular weight is 354 g/mol. The second-order valence-electron chi connectivity index (χ2n) is 6.97. The molecular formula is C22H26O4. The number of hydrogen-bond acceptors (Lipinski definition) is 4. The van der Waals surface area contributed by atoms with Crippen LogP contribution >= 0.6 is 0 Å². The van der Waals surface area contributed by atoms with Crippen LogP contribution in [-0.4, -0.2) is 20.2 Å². The number of rotatable bonds is 6. The summed E-state index contributed by atoms with van der Waals surface area (Å²) in [4.78, 5) is 12.0. The van der Waals surface area contributed by atoms with Crippen LogP contribution in [0, 0.1) is 0 Å². The van der Waals surface area contributed by atoms with Gasteiger partial charge in [-0.3, -0.25) is 0 Å². The first kappa shape index (κ1) is 19.6. The molecule has 4 heteroatoms. The molecule has 0 N–H and O–H groups in total. The Bertz CT molecular complexity index is 768. The number of benzene rings is 2. The smallest absolute Gasteiger partial charge is 0.331 e. The van der Waals surface area contributed by atoms with Gasteiger partial charge in [0, 0.05) is 11.6 Å². The summed E-state index contributed by atoms with van der Waals surface area (Å²) in [5.74, 6) is 0.786. The van der Waals surface area contributed by atoms with Crippen molar-refractivity contribution in [1.82, 2.24) is 0 Å². The van der Waals surface area contributed by atoms with Crippen molar-refractivity contribution >= 4 is 12.0 Å². The minimum Gasteiger partial charge on any atom is -0.493 e. The second-order valence-corrected chi connectivity index (χ2v) is 6.97. The highest BCUT2D eigenvalue weighted by Gasteiger charge is 2.13. The van der Waals surface area contributed by atoms with Gasteiger partial charge >= 0.3 is 5.97 Å². The summed E-state index contributed by atoms with van der Waals surface area (Å²) in [6.07, 6.45) is 3.05. The number of hydrogen-bond donors (Lipinski definition) is 0. The predicted molar refractivity (Wildman–Crippen MR) is 104 cm³/mol. The highest BCUT2D eigenvalue weighted by atomic mass is 16.5. The summed E-state index contributed by atoms with van der Waals surface area (Å²) in [6, 6.07) is 13.6. The van der Waals surface area contributed by atoms with Crippen LogP contribution in [0.1, 0.15) is 37.5 Å². The molecule has 0 atom stereocenters. The zero-order chi connectivity index (χ0) is 19.2. The van der Waals surface area contributed by atoms with Crippen LogP contribution in [0.15, 0.2) is 48.5 Å². The highest BCUT2D eigenvalue weighted by molar-refractivity contribution is 5.87. The molecule has 0 aromatic heterocycles. The van der Waals surface area contributed by atoms with Crippen LogP contribution in [0.2, 0.25) is 0 Å². The van der Waals surface area contributed by atoms with E-state index >= 15 is 0 Å². The average Bonchev–Trinajstić information content (AvgIpc) is 2.63. The number of esters is 1. The fourth-order valence-corrected chi connectivity index (χ4v) is 2.50. The largest absolute Gasteiger partial charge is 0.493 e. The number of carbonyl (C=O) groups is 1. The Balaban J connectivity index is 1.98. The Morgan fingerprint density at radius 3 is 2.27 bits per heavy atom. The van der Waals surface area contributed by atoms with Crippen LogP contribution in [-0.2, 0) is 21.6 Å². The standard InChI is InChI=1S/C22H26O4/c1-22(2,3)18-12-9-16(10-13-18)15-26-20(23)14-11-17-7-6-8-19(24-4)21(17)25-5/h6-14H,15H2,1-5H3/b14-11+. The minimum atomic E-state index is -0.408. The van der Waals surface area contributed by atoms with Gasteiger partial charge in [0.1, 0.15) is 6.61 Å². The lowest BCUT2D eigenvalue weighted by Gasteiger charge is -2.19. The highest BCUT2D eigenvalue weighted by Crippen LogP contribution is 2.31. The van der Waals surface area contributed by atoms with Gasteiger partial charge in [-0.1, -0.05) is 57.2 Å². The molecule has 2 aromatic rings. The summed E-state index contributed by atoms with van der Waals surface area (Å²) in [5, 5.41) is 0. The molecule has 0 amide bonds. The van der Waals surface area contributed by atoms with E-state index in [1.165, 1.54) is 11.6 Å². The van der Waals surface area contributed by atoms with Gasteiger partial charge in [-0.2, -0.15) is 0 Å². The van der Waals surface area contributed by atoms with E-state index in [2.05, 4.69) is 32.9 Å². The van der Waals surface area contributed by atoms with Crippen LogP contribution in [0.4, 0.5) is 0 Å². The number of carbonyl (C=O) groups excluding carboxylic acids is 1. The molecule has 0 saturated carbocycles. The predicted octanol–water partition coefficient (Wildman–Crippen LogP) is 4.76. The van der Waals surface area contributed by atoms with Gasteiger partial charge in [0.15, 0.2) is 11.5 Å². The van der Waals surface area contributed by atoms with Crippen molar-refractivity contribution < 1.29 is 19.0 Å². The minimum absolute atomic E-state index is 0.105. The molecule has 2 aromatic carbocycles. The van der Waals surface area contributed by atoms with Crippen molar-refractivity contribution in [1.29, 1.82) is 0 Å². The van der Waals surface area contributed by atoms with Crippen molar-refractivity contribution in [2.75, 3.05) is 14.2 Å². The lowest BCUT2D eigenvalue weighted by molar-refractivity contribution is -0.138. The maximum absolute atomic E-state index is 12.0. The third-order valence-electron chi connectivity index (χ3n) is 4.03. The first-order chi connectivity index (χ1) is 12.3. The van der Waals surface area contributed by atoms with Crippen molar-refractivity contribution in [3.05, 3.63) is 65.2 Å². The van der Waals surface area contributed by atoms with E-state index in [-0.39, 0.29) is 12.0 Å². The molecular weight excluding hydrogens is 328 g/mol. The summed E-state index contributed by atoms with van der Waals surface area (Å²) in [6.45, 7) is 6.74. The van der Waals surface area contributed by atoms with Crippen molar-refractivity contribution in [2.45, 2.75) is 32.8 Å². The summed E-state index contributed by atoms with van der Waals surface area (Å²) < 4.78 is 15.9. The number of ether oxygens (including phenoxy) is 3. The van der Waals surface area contributed by atoms with Crippen molar-refractivity contribution in [3.63, 3.8) is 0 Å². The van der Waals surface area contributed by atoms with E-state index < -0.39 is 5.97 Å². The molecule has 0 heterocycles. The molecule has 0 aliphatic carbocycles. The van der Waals surface area contributed by atoms with Crippen LogP contribution in [0.3, 0.4) is 0 Å². The van der Waals surface area contributed by atoms with E-state index in [4.69, 9.17) is 14.2 Å². The molecule has 0 aliphatic rings. The van der Waals surface area contributed by atoms with Gasteiger partial charge in [0.05, 0.1) is 14.2 Å². The molecule has 0 spiro atoms. The topological polar surface area (TPSA) is 44.8 Å². The van der Waals surface area contributed by atoms with Crippen LogP contribution in [0.5, 0.6) is 11.5 Å². The number of para-hydroxylation sites is 1. The lowest BCUT2D eigenvalue weighted by atomic mass is 9.87. The molecule has 0 bridgehead atoms. The molecule has 0 unspecified atom stereocenters. The molecule has 138 valence electrons. The van der Waals surface area contributed by atoms with Gasteiger partial charge in [0.25, 0.3) is 0 Å². The molecule has 26 heavy (non-hydrogen) atoms. The molecule has 0 saturated heterocycles. The molecule has 2 rings (SSSR count).